The summed E-state index contributed by atoms with van der Waals surface area (Å²) in [6, 6.07) is 11.8. The number of nitrogens with zero attached hydrogens (tertiary/aromatic N) is 3. The fourth-order valence-corrected chi connectivity index (χ4v) is 2.52. The molecule has 2 rings (SSSR count). The molecule has 162 valence electrons. The summed E-state index contributed by atoms with van der Waals surface area (Å²) in [6.07, 6.45) is 3.56. The highest BCUT2D eigenvalue weighted by Crippen LogP contribution is 2.20. The maximum absolute atomic E-state index is 10.0. The van der Waals surface area contributed by atoms with Gasteiger partial charge in [-0.25, -0.2) is 9.98 Å². The summed E-state index contributed by atoms with van der Waals surface area (Å²) in [6.45, 7) is 11.9. The smallest absolute Gasteiger partial charge is 0.320 e. The molecule has 0 unspecified atom stereocenters. The predicted molar refractivity (Wildman–Crippen MR) is 126 cm³/mol. The second kappa shape index (κ2) is 11.9. The van der Waals surface area contributed by atoms with Gasteiger partial charge in [0.2, 0.25) is 0 Å². The van der Waals surface area contributed by atoms with Crippen LogP contribution in [0, 0.1) is 33.6 Å². The molecule has 0 amide bonds. The van der Waals surface area contributed by atoms with E-state index in [1.807, 2.05) is 24.1 Å². The number of carboxylic acid groups (broad SMARTS) is 1. The lowest BCUT2D eigenvalue weighted by atomic mass is 10.1. The number of hydrogen-bond donors (Lipinski definition) is 2. The number of rotatable bonds is 6. The minimum Gasteiger partial charge on any atom is -0.480 e. The number of nitrogens with two attached hydrogens (primary N) is 1. The highest BCUT2D eigenvalue weighted by Gasteiger charge is 2.14. The van der Waals surface area contributed by atoms with Crippen LogP contribution in [0.25, 0.3) is 0 Å². The van der Waals surface area contributed by atoms with Gasteiger partial charge in [0.05, 0.1) is 24.1 Å². The Morgan fingerprint density at radius 1 is 0.933 bits per heavy atom. The van der Waals surface area contributed by atoms with E-state index in [9.17, 15) is 4.79 Å². The normalized spacial score (nSPS) is 12.2. The highest BCUT2D eigenvalue weighted by molar-refractivity contribution is 5.78. The van der Waals surface area contributed by atoms with Crippen molar-refractivity contribution in [2.45, 2.75) is 47.6 Å². The van der Waals surface area contributed by atoms with Gasteiger partial charge in [-0.3, -0.25) is 4.79 Å². The van der Waals surface area contributed by atoms with Crippen molar-refractivity contribution in [1.29, 1.82) is 0 Å². The lowest BCUT2D eigenvalue weighted by molar-refractivity contribution is -0.139. The Labute approximate surface area is 180 Å². The van der Waals surface area contributed by atoms with E-state index in [1.54, 1.807) is 26.5 Å². The van der Waals surface area contributed by atoms with Crippen molar-refractivity contribution < 1.29 is 9.90 Å². The van der Waals surface area contributed by atoms with Gasteiger partial charge < -0.3 is 15.7 Å². The number of aliphatic carboxylic acids is 1. The van der Waals surface area contributed by atoms with Crippen LogP contribution in [-0.4, -0.2) is 41.7 Å². The number of carboxylic acids is 1. The lowest BCUT2D eigenvalue weighted by Crippen LogP contribution is -2.34. The molecule has 6 nitrogen and oxygen atoms in total. The van der Waals surface area contributed by atoms with Gasteiger partial charge in [-0.05, 0) is 56.9 Å². The fraction of sp³-hybridized carbons (Fsp3) is 0.375. The maximum atomic E-state index is 10.0. The molecule has 0 radical (unpaired) electrons. The van der Waals surface area contributed by atoms with E-state index >= 15 is 0 Å². The molecule has 0 saturated heterocycles. The molecule has 0 saturated carbocycles. The summed E-state index contributed by atoms with van der Waals surface area (Å²) in [5.74, 6) is -0.910. The Morgan fingerprint density at radius 3 is 1.60 bits per heavy atom. The van der Waals surface area contributed by atoms with Crippen LogP contribution in [0.15, 0.2) is 46.4 Å². The first-order valence-electron chi connectivity index (χ1n) is 9.94. The fourth-order valence-electron chi connectivity index (χ4n) is 2.52. The van der Waals surface area contributed by atoms with Crippen molar-refractivity contribution in [1.82, 2.24) is 4.90 Å². The van der Waals surface area contributed by atoms with Crippen LogP contribution in [0.5, 0.6) is 0 Å². The second-order valence-electron chi connectivity index (χ2n) is 7.84. The summed E-state index contributed by atoms with van der Waals surface area (Å²) < 4.78 is 0. The second-order valence-corrected chi connectivity index (χ2v) is 7.84. The molecule has 0 aromatic heterocycles. The molecular weight excluding hydrogens is 376 g/mol. The third-order valence-corrected chi connectivity index (χ3v) is 4.47. The minimum absolute atomic E-state index is 0.0208. The standard InChI is InChI=1S/C19H23N3.C5H11NO2/c1-14-6-8-18(16(3)10-14)20-12-22(5)13-21-19-9-7-15(2)11-17(19)4;1-3(2)4(6)5(7)8/h6-13H,1-5H3;3-4H,6H2,1-2H3,(H,7,8)/b20-12+,21-13+;/t;4-/m.0/s1. The van der Waals surface area contributed by atoms with Crippen molar-refractivity contribution in [2.75, 3.05) is 7.05 Å². The van der Waals surface area contributed by atoms with Crippen LogP contribution < -0.4 is 5.73 Å². The summed E-state index contributed by atoms with van der Waals surface area (Å²) in [7, 11) is 1.93. The molecule has 0 bridgehead atoms. The molecule has 0 spiro atoms. The van der Waals surface area contributed by atoms with Gasteiger partial charge in [0.25, 0.3) is 0 Å². The number of benzene rings is 2. The molecule has 0 aliphatic carbocycles. The third kappa shape index (κ3) is 8.57. The number of hydrogen-bond acceptors (Lipinski definition) is 4. The zero-order chi connectivity index (χ0) is 22.8. The van der Waals surface area contributed by atoms with Crippen LogP contribution in [-0.2, 0) is 4.79 Å². The van der Waals surface area contributed by atoms with Gasteiger partial charge in [-0.1, -0.05) is 49.2 Å². The molecular formula is C24H34N4O2. The van der Waals surface area contributed by atoms with E-state index in [0.717, 1.165) is 11.4 Å². The van der Waals surface area contributed by atoms with Crippen molar-refractivity contribution >= 4 is 30.0 Å². The molecule has 3 N–H and O–H groups in total. The predicted octanol–water partition coefficient (Wildman–Crippen LogP) is 4.93. The van der Waals surface area contributed by atoms with Gasteiger partial charge in [-0.15, -0.1) is 0 Å². The SMILES string of the molecule is CC(C)[C@H](N)C(=O)O.Cc1ccc(/N=C/N(C)/C=N/c2ccc(C)cc2C)c(C)c1. The molecule has 0 aliphatic heterocycles. The van der Waals surface area contributed by atoms with Crippen LogP contribution in [0.4, 0.5) is 11.4 Å². The first-order chi connectivity index (χ1) is 14.0. The largest absolute Gasteiger partial charge is 0.480 e. The Bertz CT molecular complexity index is 843. The molecule has 0 fully saturated rings. The topological polar surface area (TPSA) is 91.3 Å². The Morgan fingerprint density at radius 2 is 1.33 bits per heavy atom. The molecule has 2 aromatic rings. The van der Waals surface area contributed by atoms with Gasteiger partial charge in [-0.2, -0.15) is 0 Å². The average molecular weight is 411 g/mol. The number of aliphatic imine (C=N–C) groups is 2. The highest BCUT2D eigenvalue weighted by atomic mass is 16.4. The van der Waals surface area contributed by atoms with Gasteiger partial charge in [0.1, 0.15) is 6.04 Å². The van der Waals surface area contributed by atoms with Gasteiger partial charge in [0, 0.05) is 7.05 Å². The van der Waals surface area contributed by atoms with Gasteiger partial charge in [0.15, 0.2) is 0 Å². The number of carbonyl (C=O) groups is 1. The van der Waals surface area contributed by atoms with Crippen LogP contribution in [0.1, 0.15) is 36.1 Å². The monoisotopic (exact) mass is 410 g/mol. The Kier molecular flexibility index (Phi) is 9.92. The summed E-state index contributed by atoms with van der Waals surface area (Å²) in [5.41, 5.74) is 12.0. The first-order valence-corrected chi connectivity index (χ1v) is 9.94. The van der Waals surface area contributed by atoms with Crippen molar-refractivity contribution in [3.05, 3.63) is 58.7 Å². The Balaban J connectivity index is 0.000000479. The van der Waals surface area contributed by atoms with Gasteiger partial charge >= 0.3 is 5.97 Å². The van der Waals surface area contributed by atoms with E-state index < -0.39 is 12.0 Å². The van der Waals surface area contributed by atoms with Crippen molar-refractivity contribution in [3.8, 4) is 0 Å². The van der Waals surface area contributed by atoms with E-state index in [1.165, 1.54) is 22.3 Å². The molecule has 30 heavy (non-hydrogen) atoms. The Hall–Kier alpha value is -2.99. The zero-order valence-electron chi connectivity index (χ0n) is 19.0. The van der Waals surface area contributed by atoms with E-state index in [-0.39, 0.29) is 5.92 Å². The summed E-state index contributed by atoms with van der Waals surface area (Å²) in [5, 5.41) is 8.23. The summed E-state index contributed by atoms with van der Waals surface area (Å²) in [4.78, 5) is 20.9. The lowest BCUT2D eigenvalue weighted by Gasteiger charge is -2.07. The average Bonchev–Trinajstić information content (AvgIpc) is 2.66. The molecule has 1 atom stereocenters. The molecule has 6 heteroatoms. The van der Waals surface area contributed by atoms with Crippen LogP contribution in [0.2, 0.25) is 0 Å². The first kappa shape index (κ1) is 25.0. The summed E-state index contributed by atoms with van der Waals surface area (Å²) >= 11 is 0. The van der Waals surface area contributed by atoms with Crippen molar-refractivity contribution in [2.24, 2.45) is 21.6 Å². The van der Waals surface area contributed by atoms with Crippen molar-refractivity contribution in [3.63, 3.8) is 0 Å². The molecule has 2 aromatic carbocycles. The van der Waals surface area contributed by atoms with E-state index in [2.05, 4.69) is 61.9 Å². The zero-order valence-corrected chi connectivity index (χ0v) is 19.0. The maximum Gasteiger partial charge on any atom is 0.320 e. The van der Waals surface area contributed by atoms with Crippen LogP contribution in [0.3, 0.4) is 0 Å². The van der Waals surface area contributed by atoms with Crippen LogP contribution >= 0.6 is 0 Å². The minimum atomic E-state index is -0.931. The quantitative estimate of drug-likeness (QED) is 0.522. The third-order valence-electron chi connectivity index (χ3n) is 4.47. The molecule has 0 heterocycles. The van der Waals surface area contributed by atoms with E-state index in [0.29, 0.717) is 0 Å². The molecule has 0 aliphatic rings. The van der Waals surface area contributed by atoms with E-state index in [4.69, 9.17) is 10.8 Å². The number of aryl methyl sites for hydroxylation is 4.